The number of aromatic nitrogens is 6. The largest absolute Gasteiger partial charge is 0.493 e. The minimum absolute atomic E-state index is 0.00838. The molecule has 0 bridgehead atoms. The van der Waals surface area contributed by atoms with Gasteiger partial charge in [0, 0.05) is 55.9 Å². The van der Waals surface area contributed by atoms with E-state index in [4.69, 9.17) is 14.2 Å². The molecule has 0 atom stereocenters. The van der Waals surface area contributed by atoms with E-state index in [-0.39, 0.29) is 18.1 Å². The number of Topliss-reactive ketones (excluding diaryl/α,β-unsaturated/α-hetero) is 1. The van der Waals surface area contributed by atoms with Crippen molar-refractivity contribution in [3.63, 3.8) is 0 Å². The number of aryl methyl sites for hydroxylation is 1. The van der Waals surface area contributed by atoms with Crippen LogP contribution in [-0.2, 0) is 7.05 Å². The van der Waals surface area contributed by atoms with E-state index in [9.17, 15) is 9.59 Å². The molecule has 4 aromatic rings. The van der Waals surface area contributed by atoms with Gasteiger partial charge < -0.3 is 19.1 Å². The van der Waals surface area contributed by atoms with Crippen molar-refractivity contribution in [2.24, 2.45) is 7.05 Å². The molecule has 1 N–H and O–H groups in total. The van der Waals surface area contributed by atoms with Crippen LogP contribution in [0.4, 0.5) is 0 Å². The molecule has 12 heteroatoms. The van der Waals surface area contributed by atoms with E-state index >= 15 is 0 Å². The predicted molar refractivity (Wildman–Crippen MR) is 148 cm³/mol. The maximum absolute atomic E-state index is 13.7. The third-order valence-electron chi connectivity index (χ3n) is 7.58. The standard InChI is InChI=1S/C29H31N7O5/c1-4-39-24-13-19(14-25(40-5-2)26(24)20-16-30-35(3)17-20)28(38)36-10-8-29(9-11-36)15-22(37)21-12-18(6-7-23(21)41-29)27-31-33-34-32-27/h6-7,12-14,16-17H,4-5,8-11,15H2,1-3H3,(H,31,32,33,34). The maximum Gasteiger partial charge on any atom is 0.254 e. The Morgan fingerprint density at radius 3 is 2.41 bits per heavy atom. The topological polar surface area (TPSA) is 137 Å². The lowest BCUT2D eigenvalue weighted by atomic mass is 9.82. The number of hydrogen-bond donors (Lipinski definition) is 1. The van der Waals surface area contributed by atoms with Gasteiger partial charge in [0.25, 0.3) is 5.91 Å². The van der Waals surface area contributed by atoms with E-state index < -0.39 is 5.60 Å². The minimum atomic E-state index is -0.646. The summed E-state index contributed by atoms with van der Waals surface area (Å²) in [6, 6.07) is 8.93. The first-order valence-corrected chi connectivity index (χ1v) is 13.7. The van der Waals surface area contributed by atoms with Gasteiger partial charge in [0.15, 0.2) is 11.6 Å². The quantitative estimate of drug-likeness (QED) is 0.360. The summed E-state index contributed by atoms with van der Waals surface area (Å²) < 4.78 is 20.1. The zero-order chi connectivity index (χ0) is 28.6. The van der Waals surface area contributed by atoms with Gasteiger partial charge in [-0.15, -0.1) is 5.10 Å². The molecule has 0 radical (unpaired) electrons. The number of H-pyrrole nitrogens is 1. The summed E-state index contributed by atoms with van der Waals surface area (Å²) in [7, 11) is 1.85. The summed E-state index contributed by atoms with van der Waals surface area (Å²) >= 11 is 0. The van der Waals surface area contributed by atoms with Crippen molar-refractivity contribution in [1.82, 2.24) is 35.3 Å². The van der Waals surface area contributed by atoms with Crippen molar-refractivity contribution in [3.8, 4) is 39.8 Å². The molecule has 6 rings (SSSR count). The maximum atomic E-state index is 13.7. The Morgan fingerprint density at radius 2 is 1.80 bits per heavy atom. The summed E-state index contributed by atoms with van der Waals surface area (Å²) in [4.78, 5) is 28.7. The van der Waals surface area contributed by atoms with E-state index in [1.807, 2.05) is 33.2 Å². The first-order chi connectivity index (χ1) is 19.9. The Bertz CT molecular complexity index is 1560. The van der Waals surface area contributed by atoms with Crippen molar-refractivity contribution in [3.05, 3.63) is 53.9 Å². The number of nitrogens with zero attached hydrogens (tertiary/aromatic N) is 6. The summed E-state index contributed by atoms with van der Waals surface area (Å²) in [5.41, 5.74) is 2.70. The van der Waals surface area contributed by atoms with Gasteiger partial charge in [-0.3, -0.25) is 14.3 Å². The van der Waals surface area contributed by atoms with Crippen LogP contribution in [0.15, 0.2) is 42.7 Å². The second kappa shape index (κ2) is 10.7. The molecule has 1 spiro atoms. The number of ketones is 1. The van der Waals surface area contributed by atoms with Crippen molar-refractivity contribution < 1.29 is 23.8 Å². The number of fused-ring (bicyclic) bond motifs is 1. The number of piperidine rings is 1. The third kappa shape index (κ3) is 5.01. The second-order valence-corrected chi connectivity index (χ2v) is 10.3. The summed E-state index contributed by atoms with van der Waals surface area (Å²) in [5, 5.41) is 18.1. The van der Waals surface area contributed by atoms with Crippen LogP contribution in [0.2, 0.25) is 0 Å². The zero-order valence-electron chi connectivity index (χ0n) is 23.2. The van der Waals surface area contributed by atoms with E-state index in [1.165, 1.54) is 0 Å². The van der Waals surface area contributed by atoms with Crippen molar-refractivity contribution in [2.45, 2.75) is 38.7 Å². The molecule has 4 heterocycles. The predicted octanol–water partition coefficient (Wildman–Crippen LogP) is 3.70. The fourth-order valence-electron chi connectivity index (χ4n) is 5.59. The molecular formula is C29H31N7O5. The van der Waals surface area contributed by atoms with Gasteiger partial charge >= 0.3 is 0 Å². The molecule has 1 amide bonds. The van der Waals surface area contributed by atoms with Gasteiger partial charge in [0.2, 0.25) is 0 Å². The Labute approximate surface area is 236 Å². The van der Waals surface area contributed by atoms with Crippen LogP contribution in [-0.4, -0.2) is 78.9 Å². The fraction of sp³-hybridized carbons (Fsp3) is 0.379. The van der Waals surface area contributed by atoms with Crippen molar-refractivity contribution in [1.29, 1.82) is 0 Å². The molecule has 1 saturated heterocycles. The SMILES string of the molecule is CCOc1cc(C(=O)N2CCC3(CC2)CC(=O)c2cc(-c4nnn[nH]4)ccc2O3)cc(OCC)c1-c1cnn(C)c1. The molecule has 12 nitrogen and oxygen atoms in total. The van der Waals surface area contributed by atoms with E-state index in [0.29, 0.717) is 73.3 Å². The number of tetrazole rings is 1. The number of amides is 1. The zero-order valence-corrected chi connectivity index (χ0v) is 23.2. The number of hydrogen-bond acceptors (Lipinski definition) is 9. The average Bonchev–Trinajstić information content (AvgIpc) is 3.66. The van der Waals surface area contributed by atoms with Gasteiger partial charge in [0.1, 0.15) is 22.8 Å². The minimum Gasteiger partial charge on any atom is -0.493 e. The molecule has 1 fully saturated rings. The van der Waals surface area contributed by atoms with Gasteiger partial charge in [-0.1, -0.05) is 0 Å². The Balaban J connectivity index is 1.21. The van der Waals surface area contributed by atoms with Crippen LogP contribution in [0.25, 0.3) is 22.5 Å². The Morgan fingerprint density at radius 1 is 1.07 bits per heavy atom. The molecule has 2 aromatic carbocycles. The molecular weight excluding hydrogens is 526 g/mol. The van der Waals surface area contributed by atoms with Crippen LogP contribution in [0, 0.1) is 0 Å². The molecule has 2 aliphatic rings. The molecule has 0 saturated carbocycles. The highest BCUT2D eigenvalue weighted by Crippen LogP contribution is 2.42. The second-order valence-electron chi connectivity index (χ2n) is 10.3. The fourth-order valence-corrected chi connectivity index (χ4v) is 5.59. The molecule has 2 aliphatic heterocycles. The van der Waals surface area contributed by atoms with Crippen LogP contribution in [0.1, 0.15) is 53.8 Å². The smallest absolute Gasteiger partial charge is 0.254 e. The summed E-state index contributed by atoms with van der Waals surface area (Å²) in [5.74, 6) is 2.07. The molecule has 41 heavy (non-hydrogen) atoms. The lowest BCUT2D eigenvalue weighted by molar-refractivity contribution is -0.00572. The number of ether oxygens (including phenoxy) is 3. The lowest BCUT2D eigenvalue weighted by Gasteiger charge is -2.44. The number of carbonyl (C=O) groups is 2. The number of carbonyl (C=O) groups excluding carboxylic acids is 2. The molecule has 2 aromatic heterocycles. The monoisotopic (exact) mass is 557 g/mol. The first-order valence-electron chi connectivity index (χ1n) is 13.7. The van der Waals surface area contributed by atoms with Crippen LogP contribution >= 0.6 is 0 Å². The normalized spacial score (nSPS) is 15.9. The number of rotatable bonds is 7. The number of likely N-dealkylation sites (tertiary alicyclic amines) is 1. The van der Waals surface area contributed by atoms with Gasteiger partial charge in [-0.05, 0) is 54.6 Å². The average molecular weight is 558 g/mol. The number of nitrogens with one attached hydrogen (secondary N) is 1. The van der Waals surface area contributed by atoms with E-state index in [1.54, 1.807) is 40.0 Å². The van der Waals surface area contributed by atoms with E-state index in [0.717, 1.165) is 16.7 Å². The van der Waals surface area contributed by atoms with Gasteiger partial charge in [-0.25, -0.2) is 5.10 Å². The molecule has 0 unspecified atom stereocenters. The van der Waals surface area contributed by atoms with Crippen LogP contribution in [0.3, 0.4) is 0 Å². The van der Waals surface area contributed by atoms with Gasteiger partial charge in [0.05, 0.1) is 37.0 Å². The van der Waals surface area contributed by atoms with Crippen LogP contribution < -0.4 is 14.2 Å². The van der Waals surface area contributed by atoms with Gasteiger partial charge in [-0.2, -0.15) is 5.10 Å². The Kier molecular flexibility index (Phi) is 6.90. The molecule has 0 aliphatic carbocycles. The lowest BCUT2D eigenvalue weighted by Crippen LogP contribution is -2.52. The summed E-state index contributed by atoms with van der Waals surface area (Å²) in [6.07, 6.45) is 4.98. The van der Waals surface area contributed by atoms with Crippen LogP contribution in [0.5, 0.6) is 17.2 Å². The highest BCUT2D eigenvalue weighted by atomic mass is 16.5. The number of benzene rings is 2. The van der Waals surface area contributed by atoms with Crippen molar-refractivity contribution >= 4 is 11.7 Å². The van der Waals surface area contributed by atoms with Crippen molar-refractivity contribution in [2.75, 3.05) is 26.3 Å². The first kappa shape index (κ1) is 26.5. The highest BCUT2D eigenvalue weighted by Gasteiger charge is 2.44. The summed E-state index contributed by atoms with van der Waals surface area (Å²) in [6.45, 7) is 5.60. The van der Waals surface area contributed by atoms with E-state index in [2.05, 4.69) is 25.7 Å². The Hall–Kier alpha value is -4.74. The number of aromatic amines is 1. The highest BCUT2D eigenvalue weighted by molar-refractivity contribution is 6.01. The third-order valence-corrected chi connectivity index (χ3v) is 7.58. The molecule has 212 valence electrons.